The van der Waals surface area contributed by atoms with E-state index in [2.05, 4.69) is 10.6 Å². The Morgan fingerprint density at radius 1 is 1.29 bits per heavy atom. The molecule has 1 aromatic carbocycles. The molecule has 4 nitrogen and oxygen atoms in total. The Morgan fingerprint density at radius 3 is 2.59 bits per heavy atom. The molecule has 2 rings (SSSR count). The van der Waals surface area contributed by atoms with E-state index in [1.165, 1.54) is 0 Å². The SMILES string of the molecule is Cl.O=C(Nc1ccc(O)cc1)C1CCCCN1. The van der Waals surface area contributed by atoms with Crippen molar-refractivity contribution in [3.05, 3.63) is 24.3 Å². The number of benzene rings is 1. The summed E-state index contributed by atoms with van der Waals surface area (Å²) < 4.78 is 0. The summed E-state index contributed by atoms with van der Waals surface area (Å²) in [5.74, 6) is 0.208. The highest BCUT2D eigenvalue weighted by Crippen LogP contribution is 2.15. The van der Waals surface area contributed by atoms with Crippen LogP contribution >= 0.6 is 12.4 Å². The first kappa shape index (κ1) is 13.8. The molecule has 1 saturated heterocycles. The summed E-state index contributed by atoms with van der Waals surface area (Å²) in [6, 6.07) is 6.42. The normalized spacial score (nSPS) is 19.2. The van der Waals surface area contributed by atoms with Crippen molar-refractivity contribution in [2.75, 3.05) is 11.9 Å². The lowest BCUT2D eigenvalue weighted by Crippen LogP contribution is -2.43. The second kappa shape index (κ2) is 6.47. The number of nitrogens with one attached hydrogen (secondary N) is 2. The third-order valence-electron chi connectivity index (χ3n) is 2.76. The zero-order chi connectivity index (χ0) is 11.4. The van der Waals surface area contributed by atoms with Gasteiger partial charge < -0.3 is 15.7 Å². The first-order chi connectivity index (χ1) is 7.75. The van der Waals surface area contributed by atoms with Gasteiger partial charge in [-0.15, -0.1) is 12.4 Å². The molecule has 1 aromatic rings. The van der Waals surface area contributed by atoms with Gasteiger partial charge in [0.05, 0.1) is 6.04 Å². The topological polar surface area (TPSA) is 61.4 Å². The van der Waals surface area contributed by atoms with E-state index >= 15 is 0 Å². The van der Waals surface area contributed by atoms with Gasteiger partial charge in [-0.1, -0.05) is 6.42 Å². The highest BCUT2D eigenvalue weighted by atomic mass is 35.5. The number of aromatic hydroxyl groups is 1. The number of anilines is 1. The molecule has 0 spiro atoms. The van der Waals surface area contributed by atoms with E-state index in [1.54, 1.807) is 24.3 Å². The fourth-order valence-corrected chi connectivity index (χ4v) is 1.85. The molecule has 17 heavy (non-hydrogen) atoms. The second-order valence-corrected chi connectivity index (χ2v) is 4.04. The average molecular weight is 257 g/mol. The molecule has 0 aromatic heterocycles. The summed E-state index contributed by atoms with van der Waals surface area (Å²) in [5, 5.41) is 15.1. The molecule has 0 bridgehead atoms. The van der Waals surface area contributed by atoms with E-state index in [1.807, 2.05) is 0 Å². The van der Waals surface area contributed by atoms with Crippen molar-refractivity contribution in [1.82, 2.24) is 5.32 Å². The van der Waals surface area contributed by atoms with Crippen LogP contribution in [0.15, 0.2) is 24.3 Å². The molecule has 1 atom stereocenters. The van der Waals surface area contributed by atoms with Crippen molar-refractivity contribution in [2.45, 2.75) is 25.3 Å². The number of halogens is 1. The molecule has 1 aliphatic heterocycles. The fraction of sp³-hybridized carbons (Fsp3) is 0.417. The molecular weight excluding hydrogens is 240 g/mol. The van der Waals surface area contributed by atoms with Gasteiger partial charge in [0.2, 0.25) is 5.91 Å². The first-order valence-electron chi connectivity index (χ1n) is 5.59. The number of hydrogen-bond donors (Lipinski definition) is 3. The molecule has 1 fully saturated rings. The summed E-state index contributed by atoms with van der Waals surface area (Å²) >= 11 is 0. The van der Waals surface area contributed by atoms with Crippen LogP contribution < -0.4 is 10.6 Å². The molecule has 94 valence electrons. The summed E-state index contributed by atoms with van der Waals surface area (Å²) in [6.07, 6.45) is 3.13. The number of phenolic OH excluding ortho intramolecular Hbond substituents is 1. The minimum absolute atomic E-state index is 0. The lowest BCUT2D eigenvalue weighted by Gasteiger charge is -2.22. The Labute approximate surface area is 107 Å². The minimum Gasteiger partial charge on any atom is -0.508 e. The third-order valence-corrected chi connectivity index (χ3v) is 2.76. The van der Waals surface area contributed by atoms with Gasteiger partial charge in [0, 0.05) is 5.69 Å². The number of hydrogen-bond acceptors (Lipinski definition) is 3. The fourth-order valence-electron chi connectivity index (χ4n) is 1.85. The van der Waals surface area contributed by atoms with Crippen LogP contribution in [-0.4, -0.2) is 23.6 Å². The van der Waals surface area contributed by atoms with Gasteiger partial charge in [-0.05, 0) is 43.7 Å². The van der Waals surface area contributed by atoms with E-state index in [0.717, 1.165) is 31.5 Å². The molecule has 1 unspecified atom stereocenters. The van der Waals surface area contributed by atoms with Crippen molar-refractivity contribution in [2.24, 2.45) is 0 Å². The maximum Gasteiger partial charge on any atom is 0.241 e. The number of amides is 1. The number of carbonyl (C=O) groups is 1. The van der Waals surface area contributed by atoms with Crippen LogP contribution in [0.4, 0.5) is 5.69 Å². The lowest BCUT2D eigenvalue weighted by molar-refractivity contribution is -0.118. The van der Waals surface area contributed by atoms with Crippen LogP contribution in [-0.2, 0) is 4.79 Å². The zero-order valence-electron chi connectivity index (χ0n) is 9.48. The maximum atomic E-state index is 11.8. The Kier molecular flexibility index (Phi) is 5.25. The van der Waals surface area contributed by atoms with Crippen molar-refractivity contribution in [1.29, 1.82) is 0 Å². The standard InChI is InChI=1S/C12H16N2O2.ClH/c15-10-6-4-9(5-7-10)14-12(16)11-3-1-2-8-13-11;/h4-7,11,13,15H,1-3,8H2,(H,14,16);1H. The predicted molar refractivity (Wildman–Crippen MR) is 69.6 cm³/mol. The Balaban J connectivity index is 0.00000144. The first-order valence-corrected chi connectivity index (χ1v) is 5.59. The largest absolute Gasteiger partial charge is 0.508 e. The quantitative estimate of drug-likeness (QED) is 0.709. The van der Waals surface area contributed by atoms with E-state index < -0.39 is 0 Å². The molecule has 3 N–H and O–H groups in total. The molecule has 1 heterocycles. The summed E-state index contributed by atoms with van der Waals surface area (Å²) in [5.41, 5.74) is 0.718. The van der Waals surface area contributed by atoms with Gasteiger partial charge in [-0.25, -0.2) is 0 Å². The summed E-state index contributed by atoms with van der Waals surface area (Å²) in [4.78, 5) is 11.8. The number of carbonyl (C=O) groups excluding carboxylic acids is 1. The third kappa shape index (κ3) is 3.91. The van der Waals surface area contributed by atoms with Crippen molar-refractivity contribution in [3.8, 4) is 5.75 Å². The van der Waals surface area contributed by atoms with Crippen molar-refractivity contribution < 1.29 is 9.90 Å². The lowest BCUT2D eigenvalue weighted by atomic mass is 10.0. The van der Waals surface area contributed by atoms with Crippen LogP contribution in [0.1, 0.15) is 19.3 Å². The van der Waals surface area contributed by atoms with Crippen LogP contribution in [0.2, 0.25) is 0 Å². The molecular formula is C12H17ClN2O2. The van der Waals surface area contributed by atoms with Crippen molar-refractivity contribution >= 4 is 24.0 Å². The number of rotatable bonds is 2. The highest BCUT2D eigenvalue weighted by Gasteiger charge is 2.20. The monoisotopic (exact) mass is 256 g/mol. The van der Waals surface area contributed by atoms with Gasteiger partial charge in [-0.3, -0.25) is 4.79 Å². The molecule has 0 radical (unpaired) electrons. The number of phenols is 1. The molecule has 1 aliphatic rings. The molecule has 0 saturated carbocycles. The van der Waals surface area contributed by atoms with Crippen LogP contribution in [0.25, 0.3) is 0 Å². The predicted octanol–water partition coefficient (Wildman–Crippen LogP) is 1.89. The van der Waals surface area contributed by atoms with E-state index in [9.17, 15) is 4.79 Å². The van der Waals surface area contributed by atoms with E-state index in [0.29, 0.717) is 0 Å². The zero-order valence-corrected chi connectivity index (χ0v) is 10.3. The Morgan fingerprint density at radius 2 is 2.00 bits per heavy atom. The highest BCUT2D eigenvalue weighted by molar-refractivity contribution is 5.94. The van der Waals surface area contributed by atoms with Gasteiger partial charge >= 0.3 is 0 Å². The molecule has 1 amide bonds. The van der Waals surface area contributed by atoms with Crippen LogP contribution in [0.5, 0.6) is 5.75 Å². The number of piperidine rings is 1. The smallest absolute Gasteiger partial charge is 0.241 e. The van der Waals surface area contributed by atoms with Crippen LogP contribution in [0, 0.1) is 0 Å². The minimum atomic E-state index is -0.0810. The second-order valence-electron chi connectivity index (χ2n) is 4.04. The molecule has 0 aliphatic carbocycles. The van der Waals surface area contributed by atoms with Gasteiger partial charge in [0.25, 0.3) is 0 Å². The maximum absolute atomic E-state index is 11.8. The summed E-state index contributed by atoms with van der Waals surface area (Å²) in [6.45, 7) is 0.910. The van der Waals surface area contributed by atoms with E-state index in [-0.39, 0.29) is 30.1 Å². The van der Waals surface area contributed by atoms with E-state index in [4.69, 9.17) is 5.11 Å². The van der Waals surface area contributed by atoms with Gasteiger partial charge in [0.15, 0.2) is 0 Å². The Hall–Kier alpha value is -1.26. The average Bonchev–Trinajstić information content (AvgIpc) is 2.33. The van der Waals surface area contributed by atoms with Gasteiger partial charge in [-0.2, -0.15) is 0 Å². The Bertz CT molecular complexity index is 361. The summed E-state index contributed by atoms with van der Waals surface area (Å²) in [7, 11) is 0. The molecule has 5 heteroatoms. The van der Waals surface area contributed by atoms with Gasteiger partial charge in [0.1, 0.15) is 5.75 Å². The van der Waals surface area contributed by atoms with Crippen LogP contribution in [0.3, 0.4) is 0 Å². The van der Waals surface area contributed by atoms with Crippen molar-refractivity contribution in [3.63, 3.8) is 0 Å².